The monoisotopic (exact) mass is 300 g/mol. The maximum Gasteiger partial charge on any atom is 0.0337 e. The minimum atomic E-state index is 0.689. The van der Waals surface area contributed by atoms with Gasteiger partial charge in [0.25, 0.3) is 0 Å². The number of rotatable bonds is 10. The highest BCUT2D eigenvalue weighted by Gasteiger charge is 2.29. The van der Waals surface area contributed by atoms with Crippen LogP contribution in [0.3, 0.4) is 0 Å². The molecule has 3 atom stereocenters. The van der Waals surface area contributed by atoms with Crippen molar-refractivity contribution in [3.05, 3.63) is 0 Å². The van der Waals surface area contributed by atoms with Gasteiger partial charge < -0.3 is 10.2 Å². The molecule has 0 aromatic carbocycles. The highest BCUT2D eigenvalue weighted by molar-refractivity contribution is 7.99. The maximum atomic E-state index is 3.86. The van der Waals surface area contributed by atoms with E-state index in [2.05, 4.69) is 49.8 Å². The van der Waals surface area contributed by atoms with E-state index in [-0.39, 0.29) is 0 Å². The number of nitrogens with zero attached hydrogens (tertiary/aromatic N) is 1. The van der Waals surface area contributed by atoms with E-state index in [1.54, 1.807) is 0 Å². The maximum absolute atomic E-state index is 3.86. The van der Waals surface area contributed by atoms with Crippen LogP contribution in [0, 0.1) is 5.92 Å². The van der Waals surface area contributed by atoms with Gasteiger partial charge >= 0.3 is 0 Å². The first-order valence-corrected chi connectivity index (χ1v) is 9.89. The second-order valence-corrected chi connectivity index (χ2v) is 7.49. The molecule has 3 unspecified atom stereocenters. The molecule has 0 radical (unpaired) electrons. The molecule has 0 saturated carbocycles. The van der Waals surface area contributed by atoms with E-state index in [0.29, 0.717) is 6.04 Å². The fourth-order valence-corrected chi connectivity index (χ4v) is 4.49. The Kier molecular flexibility index (Phi) is 10.0. The second kappa shape index (κ2) is 10.9. The zero-order chi connectivity index (χ0) is 14.8. The molecule has 1 aliphatic heterocycles. The van der Waals surface area contributed by atoms with Crippen LogP contribution in [0.4, 0.5) is 0 Å². The van der Waals surface area contributed by atoms with Crippen molar-refractivity contribution >= 4 is 11.8 Å². The molecule has 0 aromatic heterocycles. The van der Waals surface area contributed by atoms with E-state index < -0.39 is 0 Å². The van der Waals surface area contributed by atoms with Crippen LogP contribution in [0.5, 0.6) is 0 Å². The molecule has 1 rings (SSSR count). The summed E-state index contributed by atoms with van der Waals surface area (Å²) in [4.78, 5) is 2.59. The van der Waals surface area contributed by atoms with Crippen molar-refractivity contribution in [1.29, 1.82) is 0 Å². The number of unbranched alkanes of at least 4 members (excludes halogenated alkanes) is 1. The third-order valence-corrected chi connectivity index (χ3v) is 5.74. The summed E-state index contributed by atoms with van der Waals surface area (Å²) in [5.41, 5.74) is 0. The Morgan fingerprint density at radius 1 is 1.25 bits per heavy atom. The predicted molar refractivity (Wildman–Crippen MR) is 93.7 cm³/mol. The molecule has 1 aliphatic rings. The first-order valence-electron chi connectivity index (χ1n) is 8.74. The lowest BCUT2D eigenvalue weighted by Gasteiger charge is -2.39. The molecule has 0 amide bonds. The van der Waals surface area contributed by atoms with Crippen LogP contribution in [0.25, 0.3) is 0 Å². The molecule has 1 heterocycles. The van der Waals surface area contributed by atoms with Crippen molar-refractivity contribution in [3.63, 3.8) is 0 Å². The average molecular weight is 301 g/mol. The highest BCUT2D eigenvalue weighted by atomic mass is 32.2. The Labute approximate surface area is 131 Å². The third kappa shape index (κ3) is 6.36. The summed E-state index contributed by atoms with van der Waals surface area (Å²) in [5.74, 6) is 3.52. The van der Waals surface area contributed by atoms with E-state index in [4.69, 9.17) is 0 Å². The van der Waals surface area contributed by atoms with E-state index in [0.717, 1.165) is 12.0 Å². The summed E-state index contributed by atoms with van der Waals surface area (Å²) < 4.78 is 0. The Morgan fingerprint density at radius 2 is 2.05 bits per heavy atom. The SMILES string of the molecule is CCCCC(CC)CC(NCCC)C1CSCCN1C. The van der Waals surface area contributed by atoms with E-state index in [9.17, 15) is 0 Å². The summed E-state index contributed by atoms with van der Waals surface area (Å²) in [6, 6.07) is 1.42. The molecular weight excluding hydrogens is 264 g/mol. The van der Waals surface area contributed by atoms with Crippen LogP contribution in [0.15, 0.2) is 0 Å². The van der Waals surface area contributed by atoms with Gasteiger partial charge in [-0.3, -0.25) is 0 Å². The van der Waals surface area contributed by atoms with Crippen molar-refractivity contribution in [2.24, 2.45) is 5.92 Å². The third-order valence-electron chi connectivity index (χ3n) is 4.69. The average Bonchev–Trinajstić information content (AvgIpc) is 2.47. The minimum absolute atomic E-state index is 0.689. The molecule has 1 fully saturated rings. The standard InChI is InChI=1S/C17H36N2S/c1-5-8-9-15(7-3)13-16(18-10-6-2)17-14-20-12-11-19(17)4/h15-18H,5-14H2,1-4H3. The molecule has 3 heteroatoms. The van der Waals surface area contributed by atoms with Gasteiger partial charge in [0.15, 0.2) is 0 Å². The molecule has 0 bridgehead atoms. The van der Waals surface area contributed by atoms with Crippen molar-refractivity contribution in [2.75, 3.05) is 31.6 Å². The van der Waals surface area contributed by atoms with E-state index in [1.165, 1.54) is 63.1 Å². The van der Waals surface area contributed by atoms with Crippen molar-refractivity contribution < 1.29 is 0 Å². The van der Waals surface area contributed by atoms with E-state index >= 15 is 0 Å². The number of nitrogens with one attached hydrogen (secondary N) is 1. The van der Waals surface area contributed by atoms with Crippen LogP contribution >= 0.6 is 11.8 Å². The van der Waals surface area contributed by atoms with Gasteiger partial charge in [-0.2, -0.15) is 11.8 Å². The van der Waals surface area contributed by atoms with Gasteiger partial charge in [0.05, 0.1) is 0 Å². The summed E-state index contributed by atoms with van der Waals surface area (Å²) >= 11 is 2.14. The molecule has 1 saturated heterocycles. The van der Waals surface area contributed by atoms with Crippen LogP contribution < -0.4 is 5.32 Å². The van der Waals surface area contributed by atoms with Gasteiger partial charge in [0.2, 0.25) is 0 Å². The minimum Gasteiger partial charge on any atom is -0.312 e. The lowest BCUT2D eigenvalue weighted by atomic mass is 9.89. The number of thioether (sulfide) groups is 1. The van der Waals surface area contributed by atoms with Crippen LogP contribution in [-0.2, 0) is 0 Å². The Balaban J connectivity index is 2.56. The van der Waals surface area contributed by atoms with Crippen molar-refractivity contribution in [3.8, 4) is 0 Å². The fourth-order valence-electron chi connectivity index (χ4n) is 3.18. The molecule has 1 N–H and O–H groups in total. The molecule has 120 valence electrons. The van der Waals surface area contributed by atoms with Gasteiger partial charge in [0, 0.05) is 30.1 Å². The quantitative estimate of drug-likeness (QED) is 0.656. The first-order chi connectivity index (χ1) is 9.72. The first kappa shape index (κ1) is 18.3. The fraction of sp³-hybridized carbons (Fsp3) is 1.00. The summed E-state index contributed by atoms with van der Waals surface area (Å²) in [6.45, 7) is 9.38. The molecule has 0 aromatic rings. The lowest BCUT2D eigenvalue weighted by Crippen LogP contribution is -2.53. The topological polar surface area (TPSA) is 15.3 Å². The van der Waals surface area contributed by atoms with Crippen LogP contribution in [-0.4, -0.2) is 48.6 Å². The summed E-state index contributed by atoms with van der Waals surface area (Å²) in [6.07, 6.45) is 8.10. The number of likely N-dealkylation sites (N-methyl/N-ethyl adjacent to an activating group) is 1. The van der Waals surface area contributed by atoms with Crippen LogP contribution in [0.2, 0.25) is 0 Å². The smallest absolute Gasteiger partial charge is 0.0337 e. The zero-order valence-corrected chi connectivity index (χ0v) is 15.0. The lowest BCUT2D eigenvalue weighted by molar-refractivity contribution is 0.189. The van der Waals surface area contributed by atoms with Gasteiger partial charge in [0.1, 0.15) is 0 Å². The Hall–Kier alpha value is 0.270. The Bertz CT molecular complexity index is 235. The predicted octanol–water partition coefficient (Wildman–Crippen LogP) is 4.01. The molecule has 0 aliphatic carbocycles. The van der Waals surface area contributed by atoms with Crippen molar-refractivity contribution in [2.45, 2.75) is 71.4 Å². The molecule has 20 heavy (non-hydrogen) atoms. The number of hydrogen-bond donors (Lipinski definition) is 1. The van der Waals surface area contributed by atoms with Gasteiger partial charge in [-0.25, -0.2) is 0 Å². The summed E-state index contributed by atoms with van der Waals surface area (Å²) in [5, 5.41) is 3.86. The normalized spacial score (nSPS) is 23.7. The second-order valence-electron chi connectivity index (χ2n) is 6.34. The van der Waals surface area contributed by atoms with Crippen molar-refractivity contribution in [1.82, 2.24) is 10.2 Å². The van der Waals surface area contributed by atoms with Gasteiger partial charge in [-0.15, -0.1) is 0 Å². The summed E-state index contributed by atoms with van der Waals surface area (Å²) in [7, 11) is 2.32. The zero-order valence-electron chi connectivity index (χ0n) is 14.2. The Morgan fingerprint density at radius 3 is 2.65 bits per heavy atom. The van der Waals surface area contributed by atoms with Crippen LogP contribution in [0.1, 0.15) is 59.3 Å². The van der Waals surface area contributed by atoms with Gasteiger partial charge in [-0.1, -0.05) is 46.5 Å². The molecule has 0 spiro atoms. The number of hydrogen-bond acceptors (Lipinski definition) is 3. The van der Waals surface area contributed by atoms with E-state index in [1.807, 2.05) is 0 Å². The molecular formula is C17H36N2S. The molecule has 2 nitrogen and oxygen atoms in total. The largest absolute Gasteiger partial charge is 0.312 e. The highest BCUT2D eigenvalue weighted by Crippen LogP contribution is 2.25. The van der Waals surface area contributed by atoms with Gasteiger partial charge in [-0.05, 0) is 32.4 Å².